The van der Waals surface area contributed by atoms with Crippen molar-refractivity contribution < 1.29 is 9.30 Å². The Hall–Kier alpha value is -3.86. The lowest BCUT2D eigenvalue weighted by Gasteiger charge is -2.30. The van der Waals surface area contributed by atoms with E-state index in [0.29, 0.717) is 0 Å². The van der Waals surface area contributed by atoms with Gasteiger partial charge in [0.25, 0.3) is 5.01 Å². The van der Waals surface area contributed by atoms with E-state index in [1.54, 1.807) is 18.4 Å². The van der Waals surface area contributed by atoms with E-state index in [1.165, 1.54) is 26.9 Å². The van der Waals surface area contributed by atoms with Crippen molar-refractivity contribution in [2.24, 2.45) is 7.05 Å². The summed E-state index contributed by atoms with van der Waals surface area (Å²) >= 11 is 8.69. The summed E-state index contributed by atoms with van der Waals surface area (Å²) in [6.45, 7) is 2.85. The number of ether oxygens (including phenoxy) is 1. The molecule has 0 saturated heterocycles. The number of thiazole rings is 1. The zero-order chi connectivity index (χ0) is 26.2. The molecule has 188 valence electrons. The number of rotatable bonds is 5. The smallest absolute Gasteiger partial charge is 0.263 e. The van der Waals surface area contributed by atoms with Crippen molar-refractivity contribution in [3.05, 3.63) is 124 Å². The minimum atomic E-state index is 0.719. The number of allylic oxidation sites excluding steroid dienone is 2. The Morgan fingerprint density at radius 1 is 0.947 bits per heavy atom. The highest BCUT2D eigenvalue weighted by atomic mass is 35.5. The van der Waals surface area contributed by atoms with Crippen LogP contribution in [0.2, 0.25) is 0 Å². The van der Waals surface area contributed by atoms with Gasteiger partial charge in [-0.2, -0.15) is 4.57 Å². The SMILES string of the molecule is COc1cccc(C)c1-c1ccc2c(c1)sc(C=C1C=C(Cl)N(Cc3ccccc3)c3ccccc31)[n+]2C. The number of para-hydroxylation sites is 1. The van der Waals surface area contributed by atoms with Crippen molar-refractivity contribution >= 4 is 50.5 Å². The number of fused-ring (bicyclic) bond motifs is 2. The summed E-state index contributed by atoms with van der Waals surface area (Å²) in [5, 5.41) is 1.88. The number of nitrogens with zero attached hydrogens (tertiary/aromatic N) is 2. The van der Waals surface area contributed by atoms with E-state index in [9.17, 15) is 0 Å². The van der Waals surface area contributed by atoms with Crippen LogP contribution in [0.5, 0.6) is 5.75 Å². The van der Waals surface area contributed by atoms with E-state index in [1.807, 2.05) is 18.2 Å². The van der Waals surface area contributed by atoms with Gasteiger partial charge in [0.05, 0.1) is 12.8 Å². The molecule has 5 heteroatoms. The molecule has 0 radical (unpaired) electrons. The molecule has 1 aliphatic heterocycles. The van der Waals surface area contributed by atoms with Crippen molar-refractivity contribution in [3.8, 4) is 16.9 Å². The van der Waals surface area contributed by atoms with Gasteiger partial charge in [-0.1, -0.05) is 83.6 Å². The molecule has 2 heterocycles. The lowest BCUT2D eigenvalue weighted by molar-refractivity contribution is -0.642. The van der Waals surface area contributed by atoms with Crippen LogP contribution < -0.4 is 14.2 Å². The summed E-state index contributed by atoms with van der Waals surface area (Å²) in [5.41, 5.74) is 9.33. The van der Waals surface area contributed by atoms with Gasteiger partial charge < -0.3 is 9.64 Å². The molecular formula is C33H28ClN2OS+. The molecule has 6 rings (SSSR count). The number of methoxy groups -OCH3 is 1. The summed E-state index contributed by atoms with van der Waals surface area (Å²) in [6, 6.07) is 31.8. The maximum Gasteiger partial charge on any atom is 0.263 e. The topological polar surface area (TPSA) is 16.4 Å². The van der Waals surface area contributed by atoms with Crippen LogP contribution in [0.1, 0.15) is 21.7 Å². The Kier molecular flexibility index (Phi) is 6.52. The van der Waals surface area contributed by atoms with Gasteiger partial charge in [0.1, 0.15) is 22.7 Å². The first-order chi connectivity index (χ1) is 18.5. The molecule has 5 aromatic rings. The third-order valence-electron chi connectivity index (χ3n) is 7.11. The molecule has 0 N–H and O–H groups in total. The van der Waals surface area contributed by atoms with Crippen molar-refractivity contribution in [3.63, 3.8) is 0 Å². The van der Waals surface area contributed by atoms with Crippen LogP contribution >= 0.6 is 22.9 Å². The van der Waals surface area contributed by atoms with E-state index >= 15 is 0 Å². The molecule has 0 fully saturated rings. The fraction of sp³-hybridized carbons (Fsp3) is 0.121. The molecule has 0 aliphatic carbocycles. The van der Waals surface area contributed by atoms with Crippen molar-refractivity contribution in [1.29, 1.82) is 0 Å². The molecule has 4 aromatic carbocycles. The Morgan fingerprint density at radius 3 is 2.55 bits per heavy atom. The molecule has 0 unspecified atom stereocenters. The molecule has 0 bridgehead atoms. The molecule has 3 nitrogen and oxygen atoms in total. The monoisotopic (exact) mass is 535 g/mol. The Balaban J connectivity index is 1.42. The second-order valence-corrected chi connectivity index (χ2v) is 10.9. The Bertz CT molecular complexity index is 1720. The molecule has 1 aliphatic rings. The highest BCUT2D eigenvalue weighted by Crippen LogP contribution is 2.40. The van der Waals surface area contributed by atoms with Gasteiger partial charge in [-0.05, 0) is 59.5 Å². The number of benzene rings is 4. The van der Waals surface area contributed by atoms with Gasteiger partial charge in [-0.15, -0.1) is 0 Å². The van der Waals surface area contributed by atoms with Gasteiger partial charge in [0.15, 0.2) is 0 Å². The van der Waals surface area contributed by atoms with Crippen LogP contribution in [0.4, 0.5) is 5.69 Å². The van der Waals surface area contributed by atoms with Gasteiger partial charge in [-0.3, -0.25) is 0 Å². The summed E-state index contributed by atoms with van der Waals surface area (Å²) in [5.74, 6) is 0.895. The maximum atomic E-state index is 6.90. The Labute approximate surface area is 232 Å². The fourth-order valence-corrected chi connectivity index (χ4v) is 6.58. The van der Waals surface area contributed by atoms with Gasteiger partial charge in [0.2, 0.25) is 5.52 Å². The lowest BCUT2D eigenvalue weighted by atomic mass is 9.99. The fourth-order valence-electron chi connectivity index (χ4n) is 5.17. The van der Waals surface area contributed by atoms with Crippen molar-refractivity contribution in [1.82, 2.24) is 0 Å². The zero-order valence-electron chi connectivity index (χ0n) is 21.6. The van der Waals surface area contributed by atoms with Crippen LogP contribution in [-0.2, 0) is 13.6 Å². The molecule has 0 amide bonds. The first kappa shape index (κ1) is 24.5. The molecule has 38 heavy (non-hydrogen) atoms. The first-order valence-electron chi connectivity index (χ1n) is 12.6. The van der Waals surface area contributed by atoms with Crippen LogP contribution in [-0.4, -0.2) is 7.11 Å². The number of hydrogen-bond acceptors (Lipinski definition) is 3. The van der Waals surface area contributed by atoms with Gasteiger partial charge in [-0.25, -0.2) is 0 Å². The van der Waals surface area contributed by atoms with Crippen molar-refractivity contribution in [2.75, 3.05) is 12.0 Å². The van der Waals surface area contributed by atoms with E-state index < -0.39 is 0 Å². The van der Waals surface area contributed by atoms with Crippen LogP contribution in [0.3, 0.4) is 0 Å². The number of hydrogen-bond donors (Lipinski definition) is 0. The highest BCUT2D eigenvalue weighted by Gasteiger charge is 2.24. The van der Waals surface area contributed by atoms with Crippen molar-refractivity contribution in [2.45, 2.75) is 13.5 Å². The largest absolute Gasteiger partial charge is 0.496 e. The third kappa shape index (κ3) is 4.40. The molecule has 0 spiro atoms. The van der Waals surface area contributed by atoms with Crippen LogP contribution in [0.15, 0.2) is 102 Å². The third-order valence-corrected chi connectivity index (χ3v) is 8.57. The normalized spacial score (nSPS) is 14.1. The summed E-state index contributed by atoms with van der Waals surface area (Å²) < 4.78 is 9.16. The predicted octanol–water partition coefficient (Wildman–Crippen LogP) is 8.35. The van der Waals surface area contributed by atoms with E-state index in [-0.39, 0.29) is 0 Å². The Morgan fingerprint density at radius 2 is 1.74 bits per heavy atom. The van der Waals surface area contributed by atoms with Crippen LogP contribution in [0.25, 0.3) is 33.0 Å². The molecule has 1 aromatic heterocycles. The second kappa shape index (κ2) is 10.1. The number of anilines is 1. The van der Waals surface area contributed by atoms with Gasteiger partial charge >= 0.3 is 0 Å². The maximum absolute atomic E-state index is 6.90. The molecular weight excluding hydrogens is 508 g/mol. The second-order valence-electron chi connectivity index (χ2n) is 9.49. The zero-order valence-corrected chi connectivity index (χ0v) is 23.2. The van der Waals surface area contributed by atoms with E-state index in [2.05, 4.69) is 108 Å². The van der Waals surface area contributed by atoms with Crippen LogP contribution in [0, 0.1) is 6.92 Å². The summed E-state index contributed by atoms with van der Waals surface area (Å²) in [7, 11) is 3.86. The highest BCUT2D eigenvalue weighted by molar-refractivity contribution is 7.19. The molecule has 0 saturated carbocycles. The van der Waals surface area contributed by atoms with Gasteiger partial charge in [0, 0.05) is 29.8 Å². The minimum Gasteiger partial charge on any atom is -0.496 e. The summed E-state index contributed by atoms with van der Waals surface area (Å²) in [6.07, 6.45) is 4.33. The van der Waals surface area contributed by atoms with E-state index in [0.717, 1.165) is 44.8 Å². The lowest BCUT2D eigenvalue weighted by Crippen LogP contribution is -2.29. The quantitative estimate of drug-likeness (QED) is 0.166. The standard InChI is InChI=1S/C33H28ClN2OS/c1-22-10-9-15-29(37-3)33(22)24-16-17-28-30(18-24)38-32(35(28)2)20-25-19-31(34)36(21-23-11-5-4-6-12-23)27-14-8-7-13-26(25)27/h4-20H,21H2,1-3H3/q+1. The first-order valence-corrected chi connectivity index (χ1v) is 13.8. The number of halogens is 1. The van der Waals surface area contributed by atoms with E-state index in [4.69, 9.17) is 16.3 Å². The average molecular weight is 536 g/mol. The number of aromatic nitrogens is 1. The predicted molar refractivity (Wildman–Crippen MR) is 161 cm³/mol. The summed E-state index contributed by atoms with van der Waals surface area (Å²) in [4.78, 5) is 2.18. The average Bonchev–Trinajstić information content (AvgIpc) is 3.25. The number of aryl methyl sites for hydroxylation is 2. The molecule has 0 atom stereocenters. The minimum absolute atomic E-state index is 0.719.